The molecule has 0 saturated carbocycles. The molecule has 0 bridgehead atoms. The van der Waals surface area contributed by atoms with Gasteiger partial charge >= 0.3 is 0 Å². The van der Waals surface area contributed by atoms with E-state index in [1.807, 2.05) is 27.7 Å². The third-order valence-corrected chi connectivity index (χ3v) is 7.06. The van der Waals surface area contributed by atoms with Gasteiger partial charge < -0.3 is 15.3 Å². The fourth-order valence-electron chi connectivity index (χ4n) is 4.86. The van der Waals surface area contributed by atoms with Crippen LogP contribution in [0.5, 0.6) is 0 Å². The van der Waals surface area contributed by atoms with Crippen LogP contribution >= 0.6 is 0 Å². The predicted molar refractivity (Wildman–Crippen MR) is 164 cm³/mol. The lowest BCUT2D eigenvalue weighted by Gasteiger charge is -2.28. The molecule has 2 aromatic carbocycles. The Labute approximate surface area is 254 Å². The van der Waals surface area contributed by atoms with Crippen LogP contribution < -0.4 is 10.7 Å². The lowest BCUT2D eigenvalue weighted by Crippen LogP contribution is -2.53. The van der Waals surface area contributed by atoms with Gasteiger partial charge in [-0.15, -0.1) is 0 Å². The zero-order valence-corrected chi connectivity index (χ0v) is 26.4. The van der Waals surface area contributed by atoms with E-state index in [2.05, 4.69) is 10.7 Å². The Hall–Kier alpha value is -3.37. The SMILES string of the molecule is CCCN(CCC)C(=O)c1cc(C)cc(C(=O)N[C@@H](Cc2cc(F)cc(F)c2)[C@@H](O)CNN(CC)C(=O)CCC(C)C)c1. The van der Waals surface area contributed by atoms with Crippen molar-refractivity contribution in [3.8, 4) is 0 Å². The summed E-state index contributed by atoms with van der Waals surface area (Å²) in [7, 11) is 0. The van der Waals surface area contributed by atoms with E-state index in [0.29, 0.717) is 43.1 Å². The van der Waals surface area contributed by atoms with E-state index >= 15 is 0 Å². The standard InChI is InChI=1S/C33H48F2N4O4/c1-7-12-38(13-8-2)33(43)26-15-23(6)14-25(19-26)32(42)37-29(18-24-16-27(34)20-28(35)17-24)30(40)21-36-39(9-3)31(41)11-10-22(4)5/h14-17,19-20,22,29-30,36,40H,7-13,18,21H2,1-6H3,(H,37,42)/t29-,30-/m0/s1. The molecule has 238 valence electrons. The maximum absolute atomic E-state index is 14.0. The number of carbonyl (C=O) groups is 3. The van der Waals surface area contributed by atoms with E-state index in [1.54, 1.807) is 30.9 Å². The number of amides is 3. The molecule has 0 heterocycles. The Kier molecular flexibility index (Phi) is 14.7. The predicted octanol–water partition coefficient (Wildman–Crippen LogP) is 5.03. The highest BCUT2D eigenvalue weighted by Gasteiger charge is 2.25. The number of aliphatic hydroxyl groups excluding tert-OH is 1. The molecular formula is C33H48F2N4O4. The van der Waals surface area contributed by atoms with Gasteiger partial charge in [0.15, 0.2) is 0 Å². The molecule has 0 spiro atoms. The minimum absolute atomic E-state index is 0.0743. The summed E-state index contributed by atoms with van der Waals surface area (Å²) in [6.45, 7) is 13.1. The van der Waals surface area contributed by atoms with Gasteiger partial charge in [0, 0.05) is 49.8 Å². The summed E-state index contributed by atoms with van der Waals surface area (Å²) in [6.07, 6.45) is 1.38. The quantitative estimate of drug-likeness (QED) is 0.221. The fraction of sp³-hybridized carbons (Fsp3) is 0.545. The van der Waals surface area contributed by atoms with Crippen LogP contribution in [0, 0.1) is 24.5 Å². The molecule has 2 atom stereocenters. The lowest BCUT2D eigenvalue weighted by atomic mass is 9.99. The largest absolute Gasteiger partial charge is 0.390 e. The van der Waals surface area contributed by atoms with Gasteiger partial charge in [-0.3, -0.25) is 19.4 Å². The van der Waals surface area contributed by atoms with Gasteiger partial charge in [0.25, 0.3) is 11.8 Å². The number of aliphatic hydroxyl groups is 1. The Morgan fingerprint density at radius 1 is 0.907 bits per heavy atom. The summed E-state index contributed by atoms with van der Waals surface area (Å²) in [5.41, 5.74) is 4.53. The van der Waals surface area contributed by atoms with Gasteiger partial charge in [-0.25, -0.2) is 14.2 Å². The molecule has 2 rings (SSSR count). The monoisotopic (exact) mass is 602 g/mol. The van der Waals surface area contributed by atoms with Crippen molar-refractivity contribution in [1.29, 1.82) is 0 Å². The van der Waals surface area contributed by atoms with Crippen LogP contribution in [0.1, 0.15) is 92.1 Å². The number of benzene rings is 2. The molecule has 2 aromatic rings. The van der Waals surface area contributed by atoms with Crippen molar-refractivity contribution in [2.75, 3.05) is 26.2 Å². The third kappa shape index (κ3) is 11.7. The number of rotatable bonds is 17. The fourth-order valence-corrected chi connectivity index (χ4v) is 4.86. The Morgan fingerprint density at radius 2 is 1.51 bits per heavy atom. The molecule has 0 aliphatic carbocycles. The van der Waals surface area contributed by atoms with Gasteiger partial charge in [-0.05, 0) is 86.9 Å². The second-order valence-corrected chi connectivity index (χ2v) is 11.4. The van der Waals surface area contributed by atoms with E-state index < -0.39 is 29.7 Å². The number of nitrogens with zero attached hydrogens (tertiary/aromatic N) is 2. The maximum Gasteiger partial charge on any atom is 0.253 e. The third-order valence-electron chi connectivity index (χ3n) is 7.06. The first-order valence-corrected chi connectivity index (χ1v) is 15.3. The van der Waals surface area contributed by atoms with Crippen LogP contribution in [0.3, 0.4) is 0 Å². The molecule has 0 unspecified atom stereocenters. The van der Waals surface area contributed by atoms with Crippen LogP contribution in [0.25, 0.3) is 0 Å². The van der Waals surface area contributed by atoms with E-state index in [1.165, 1.54) is 11.1 Å². The van der Waals surface area contributed by atoms with Gasteiger partial charge in [0.2, 0.25) is 5.91 Å². The molecule has 0 fully saturated rings. The minimum atomic E-state index is -1.22. The highest BCUT2D eigenvalue weighted by Crippen LogP contribution is 2.16. The van der Waals surface area contributed by atoms with Crippen molar-refractivity contribution in [3.63, 3.8) is 0 Å². The van der Waals surface area contributed by atoms with Crippen molar-refractivity contribution in [3.05, 3.63) is 70.3 Å². The summed E-state index contributed by atoms with van der Waals surface area (Å²) in [4.78, 5) is 41.1. The van der Waals surface area contributed by atoms with Crippen LogP contribution in [0.2, 0.25) is 0 Å². The summed E-state index contributed by atoms with van der Waals surface area (Å²) in [5.74, 6) is -2.01. The van der Waals surface area contributed by atoms with Crippen molar-refractivity contribution < 1.29 is 28.3 Å². The summed E-state index contributed by atoms with van der Waals surface area (Å²) in [5, 5.41) is 15.4. The van der Waals surface area contributed by atoms with Gasteiger partial charge in [0.1, 0.15) is 11.6 Å². The zero-order valence-electron chi connectivity index (χ0n) is 26.4. The molecule has 3 N–H and O–H groups in total. The maximum atomic E-state index is 14.0. The van der Waals surface area contributed by atoms with Crippen LogP contribution in [0.4, 0.5) is 8.78 Å². The Morgan fingerprint density at radius 3 is 2.07 bits per heavy atom. The van der Waals surface area contributed by atoms with Crippen LogP contribution in [-0.4, -0.2) is 71.1 Å². The molecule has 3 amide bonds. The Balaban J connectivity index is 2.30. The molecule has 0 aliphatic rings. The average Bonchev–Trinajstić information content (AvgIpc) is 2.94. The molecular weight excluding hydrogens is 554 g/mol. The summed E-state index contributed by atoms with van der Waals surface area (Å²) in [6, 6.07) is 6.99. The molecule has 0 aromatic heterocycles. The molecule has 8 nitrogen and oxygen atoms in total. The number of hydrogen-bond donors (Lipinski definition) is 3. The molecule has 0 saturated heterocycles. The van der Waals surface area contributed by atoms with Crippen molar-refractivity contribution >= 4 is 17.7 Å². The lowest BCUT2D eigenvalue weighted by molar-refractivity contribution is -0.135. The molecule has 0 aliphatic heterocycles. The number of hydrazine groups is 1. The van der Waals surface area contributed by atoms with Crippen LogP contribution in [0.15, 0.2) is 36.4 Å². The molecule has 43 heavy (non-hydrogen) atoms. The van der Waals surface area contributed by atoms with Gasteiger partial charge in [-0.1, -0.05) is 27.7 Å². The first-order chi connectivity index (χ1) is 20.4. The first-order valence-electron chi connectivity index (χ1n) is 15.3. The first kappa shape index (κ1) is 35.8. The van der Waals surface area contributed by atoms with Gasteiger partial charge in [0.05, 0.1) is 12.1 Å². The minimum Gasteiger partial charge on any atom is -0.390 e. The number of halogens is 2. The topological polar surface area (TPSA) is 102 Å². The molecule has 10 heteroatoms. The number of aryl methyl sites for hydroxylation is 1. The van der Waals surface area contributed by atoms with E-state index in [4.69, 9.17) is 0 Å². The van der Waals surface area contributed by atoms with E-state index in [9.17, 15) is 28.3 Å². The number of hydrogen-bond acceptors (Lipinski definition) is 5. The highest BCUT2D eigenvalue weighted by atomic mass is 19.1. The zero-order chi connectivity index (χ0) is 32.1. The van der Waals surface area contributed by atoms with Gasteiger partial charge in [-0.2, -0.15) is 0 Å². The van der Waals surface area contributed by atoms with Crippen molar-refractivity contribution in [2.45, 2.75) is 85.8 Å². The summed E-state index contributed by atoms with van der Waals surface area (Å²) < 4.78 is 28.0. The van der Waals surface area contributed by atoms with Crippen molar-refractivity contribution in [2.24, 2.45) is 5.92 Å². The smallest absolute Gasteiger partial charge is 0.253 e. The normalized spacial score (nSPS) is 12.6. The average molecular weight is 603 g/mol. The molecule has 0 radical (unpaired) electrons. The van der Waals surface area contributed by atoms with Crippen LogP contribution in [-0.2, 0) is 11.2 Å². The Bertz CT molecular complexity index is 1200. The number of carbonyl (C=O) groups excluding carboxylic acids is 3. The second-order valence-electron chi connectivity index (χ2n) is 11.4. The highest BCUT2D eigenvalue weighted by molar-refractivity contribution is 6.00. The van der Waals surface area contributed by atoms with E-state index in [0.717, 1.165) is 37.5 Å². The number of nitrogens with one attached hydrogen (secondary N) is 2. The summed E-state index contributed by atoms with van der Waals surface area (Å²) >= 11 is 0. The second kappa shape index (κ2) is 17.7. The van der Waals surface area contributed by atoms with E-state index in [-0.39, 0.29) is 35.9 Å². The van der Waals surface area contributed by atoms with Crippen molar-refractivity contribution in [1.82, 2.24) is 20.7 Å².